The maximum Gasteiger partial charge on any atom is 0.193 e. The van der Waals surface area contributed by atoms with Crippen LogP contribution in [-0.2, 0) is 0 Å². The van der Waals surface area contributed by atoms with Crippen LogP contribution in [0.5, 0.6) is 0 Å². The lowest BCUT2D eigenvalue weighted by Gasteiger charge is -2.15. The van der Waals surface area contributed by atoms with Crippen molar-refractivity contribution in [1.82, 2.24) is 5.32 Å². The van der Waals surface area contributed by atoms with Crippen LogP contribution in [0.3, 0.4) is 0 Å². The molecule has 0 aliphatic carbocycles. The number of thiophene rings is 1. The van der Waals surface area contributed by atoms with E-state index in [4.69, 9.17) is 16.0 Å². The third kappa shape index (κ3) is 3.18. The fourth-order valence-corrected chi connectivity index (χ4v) is 3.91. The summed E-state index contributed by atoms with van der Waals surface area (Å²) in [7, 11) is 0. The first-order valence-electron chi connectivity index (χ1n) is 5.86. The van der Waals surface area contributed by atoms with E-state index in [2.05, 4.69) is 41.2 Å². The van der Waals surface area contributed by atoms with E-state index in [1.807, 2.05) is 6.07 Å². The van der Waals surface area contributed by atoms with Crippen LogP contribution in [0.4, 0.5) is 0 Å². The van der Waals surface area contributed by atoms with Crippen LogP contribution in [0, 0.1) is 6.92 Å². The van der Waals surface area contributed by atoms with E-state index in [1.165, 1.54) is 9.75 Å². The second kappa shape index (κ2) is 6.24. The van der Waals surface area contributed by atoms with Gasteiger partial charge in [-0.25, -0.2) is 0 Å². The van der Waals surface area contributed by atoms with Gasteiger partial charge in [0.1, 0.15) is 11.8 Å². The van der Waals surface area contributed by atoms with Gasteiger partial charge in [-0.15, -0.1) is 11.3 Å². The fraction of sp³-hybridized carbons (Fsp3) is 0.385. The molecule has 2 heterocycles. The van der Waals surface area contributed by atoms with Crippen LogP contribution in [0.2, 0.25) is 5.22 Å². The molecular weight excluding hydrogens is 334 g/mol. The lowest BCUT2D eigenvalue weighted by atomic mass is 10.2. The Morgan fingerprint density at radius 3 is 2.78 bits per heavy atom. The highest BCUT2D eigenvalue weighted by molar-refractivity contribution is 9.10. The van der Waals surface area contributed by atoms with Crippen molar-refractivity contribution in [3.8, 4) is 0 Å². The van der Waals surface area contributed by atoms with Crippen LogP contribution < -0.4 is 5.32 Å². The van der Waals surface area contributed by atoms with Crippen molar-refractivity contribution in [2.75, 3.05) is 6.54 Å². The zero-order valence-corrected chi connectivity index (χ0v) is 13.5. The molecule has 2 aromatic heterocycles. The number of furan rings is 1. The van der Waals surface area contributed by atoms with Crippen molar-refractivity contribution in [3.05, 3.63) is 43.4 Å². The molecule has 5 heteroatoms. The Kier molecular flexibility index (Phi) is 4.90. The van der Waals surface area contributed by atoms with Gasteiger partial charge in [0.25, 0.3) is 0 Å². The molecule has 0 amide bonds. The van der Waals surface area contributed by atoms with Crippen molar-refractivity contribution in [2.45, 2.75) is 26.3 Å². The normalized spacial score (nSPS) is 12.9. The maximum atomic E-state index is 5.87. The molecule has 0 aliphatic rings. The van der Waals surface area contributed by atoms with Gasteiger partial charge in [0.2, 0.25) is 0 Å². The highest BCUT2D eigenvalue weighted by Crippen LogP contribution is 2.36. The number of hydrogen-bond acceptors (Lipinski definition) is 3. The number of rotatable bonds is 5. The minimum Gasteiger partial charge on any atom is -0.448 e. The topological polar surface area (TPSA) is 25.2 Å². The van der Waals surface area contributed by atoms with Crippen LogP contribution in [-0.4, -0.2) is 6.54 Å². The zero-order chi connectivity index (χ0) is 13.1. The lowest BCUT2D eigenvalue weighted by molar-refractivity contribution is 0.450. The first-order valence-corrected chi connectivity index (χ1v) is 7.85. The Balaban J connectivity index is 2.33. The van der Waals surface area contributed by atoms with Gasteiger partial charge in [-0.1, -0.05) is 6.92 Å². The molecule has 1 unspecified atom stereocenters. The summed E-state index contributed by atoms with van der Waals surface area (Å²) in [6.45, 7) is 5.19. The Bertz CT molecular complexity index is 523. The molecule has 0 saturated heterocycles. The molecule has 0 radical (unpaired) electrons. The molecule has 0 fully saturated rings. The maximum absolute atomic E-state index is 5.87. The standard InChI is InChI=1S/C13H15BrClNOS/c1-3-6-16-12(10-4-5-11(15)17-10)13-9(14)7-8(2)18-13/h4-5,7,12,16H,3,6H2,1-2H3. The predicted octanol–water partition coefficient (Wildman–Crippen LogP) is 5.15. The minimum atomic E-state index is 0.0607. The molecule has 0 bridgehead atoms. The van der Waals surface area contributed by atoms with Gasteiger partial charge >= 0.3 is 0 Å². The van der Waals surface area contributed by atoms with Gasteiger partial charge in [-0.3, -0.25) is 0 Å². The smallest absolute Gasteiger partial charge is 0.193 e. The van der Waals surface area contributed by atoms with Gasteiger partial charge < -0.3 is 9.73 Å². The van der Waals surface area contributed by atoms with E-state index >= 15 is 0 Å². The van der Waals surface area contributed by atoms with Crippen molar-refractivity contribution < 1.29 is 4.42 Å². The molecule has 2 nitrogen and oxygen atoms in total. The number of hydrogen-bond donors (Lipinski definition) is 1. The molecular formula is C13H15BrClNOS. The van der Waals surface area contributed by atoms with Gasteiger partial charge in [0.15, 0.2) is 5.22 Å². The predicted molar refractivity (Wildman–Crippen MR) is 80.6 cm³/mol. The quantitative estimate of drug-likeness (QED) is 0.808. The molecule has 1 N–H and O–H groups in total. The minimum absolute atomic E-state index is 0.0607. The lowest BCUT2D eigenvalue weighted by Crippen LogP contribution is -2.22. The first-order chi connectivity index (χ1) is 8.61. The van der Waals surface area contributed by atoms with Crippen LogP contribution in [0.15, 0.2) is 27.1 Å². The third-order valence-corrected chi connectivity index (χ3v) is 4.81. The van der Waals surface area contributed by atoms with Crippen LogP contribution in [0.25, 0.3) is 0 Å². The van der Waals surface area contributed by atoms with Crippen LogP contribution >= 0.6 is 38.9 Å². The second-order valence-corrected chi connectivity index (χ2v) is 6.61. The Morgan fingerprint density at radius 2 is 2.28 bits per heavy atom. The molecule has 0 aromatic carbocycles. The molecule has 0 aliphatic heterocycles. The van der Waals surface area contributed by atoms with Crippen LogP contribution in [0.1, 0.15) is 34.9 Å². The molecule has 98 valence electrons. The molecule has 2 aromatic rings. The summed E-state index contributed by atoms with van der Waals surface area (Å²) in [4.78, 5) is 2.50. The van der Waals surface area contributed by atoms with E-state index in [0.29, 0.717) is 5.22 Å². The number of halogens is 2. The molecule has 0 saturated carbocycles. The SMILES string of the molecule is CCCNC(c1ccc(Cl)o1)c1sc(C)cc1Br. The van der Waals surface area contributed by atoms with Crippen molar-refractivity contribution >= 4 is 38.9 Å². The van der Waals surface area contributed by atoms with Gasteiger partial charge in [-0.05, 0) is 65.6 Å². The summed E-state index contributed by atoms with van der Waals surface area (Å²) in [5, 5.41) is 3.93. The van der Waals surface area contributed by atoms with Gasteiger partial charge in [0.05, 0.1) is 0 Å². The Morgan fingerprint density at radius 1 is 1.50 bits per heavy atom. The molecule has 18 heavy (non-hydrogen) atoms. The van der Waals surface area contributed by atoms with Gasteiger partial charge in [-0.2, -0.15) is 0 Å². The summed E-state index contributed by atoms with van der Waals surface area (Å²) in [6, 6.07) is 5.90. The monoisotopic (exact) mass is 347 g/mol. The summed E-state index contributed by atoms with van der Waals surface area (Å²) < 4.78 is 6.67. The summed E-state index contributed by atoms with van der Waals surface area (Å²) >= 11 is 11.2. The second-order valence-electron chi connectivity index (χ2n) is 4.10. The highest BCUT2D eigenvalue weighted by Gasteiger charge is 2.21. The average molecular weight is 349 g/mol. The largest absolute Gasteiger partial charge is 0.448 e. The van der Waals surface area contributed by atoms with E-state index in [1.54, 1.807) is 17.4 Å². The summed E-state index contributed by atoms with van der Waals surface area (Å²) in [5.74, 6) is 0.857. The first kappa shape index (κ1) is 14.1. The van der Waals surface area contributed by atoms with Gasteiger partial charge in [0, 0.05) is 14.2 Å². The number of aryl methyl sites for hydroxylation is 1. The van der Waals surface area contributed by atoms with Crippen molar-refractivity contribution in [2.24, 2.45) is 0 Å². The highest BCUT2D eigenvalue weighted by atomic mass is 79.9. The average Bonchev–Trinajstić information content (AvgIpc) is 2.87. The fourth-order valence-electron chi connectivity index (χ4n) is 1.79. The summed E-state index contributed by atoms with van der Waals surface area (Å²) in [6.07, 6.45) is 1.08. The Labute approximate surface area is 124 Å². The summed E-state index contributed by atoms with van der Waals surface area (Å²) in [5.41, 5.74) is 0. The molecule has 1 atom stereocenters. The third-order valence-electron chi connectivity index (χ3n) is 2.58. The zero-order valence-electron chi connectivity index (χ0n) is 10.3. The molecule has 2 rings (SSSR count). The molecule has 0 spiro atoms. The van der Waals surface area contributed by atoms with Crippen molar-refractivity contribution in [3.63, 3.8) is 0 Å². The van der Waals surface area contributed by atoms with E-state index in [-0.39, 0.29) is 6.04 Å². The van der Waals surface area contributed by atoms with Crippen molar-refractivity contribution in [1.29, 1.82) is 0 Å². The number of nitrogens with one attached hydrogen (secondary N) is 1. The Hall–Kier alpha value is -0.290. The van der Waals surface area contributed by atoms with E-state index in [9.17, 15) is 0 Å². The van der Waals surface area contributed by atoms with E-state index in [0.717, 1.165) is 23.2 Å². The van der Waals surface area contributed by atoms with E-state index < -0.39 is 0 Å².